The Balaban J connectivity index is 1.67. The van der Waals surface area contributed by atoms with Gasteiger partial charge < -0.3 is 10.2 Å². The summed E-state index contributed by atoms with van der Waals surface area (Å²) in [5.74, 6) is -0.0827. The molecule has 5 nitrogen and oxygen atoms in total. The van der Waals surface area contributed by atoms with Crippen molar-refractivity contribution in [3.8, 4) is 0 Å². The van der Waals surface area contributed by atoms with Gasteiger partial charge in [0.15, 0.2) is 0 Å². The number of hydrogen-bond acceptors (Lipinski definition) is 4. The minimum atomic E-state index is -0.179. The third-order valence-electron chi connectivity index (χ3n) is 5.45. The van der Waals surface area contributed by atoms with Crippen LogP contribution in [0, 0.1) is 0 Å². The fourth-order valence-corrected chi connectivity index (χ4v) is 5.27. The number of hydrogen-bond donors (Lipinski definition) is 1. The number of pyridine rings is 1. The number of thiophene rings is 1. The molecular weight excluding hydrogens is 358 g/mol. The van der Waals surface area contributed by atoms with Crippen molar-refractivity contribution in [1.82, 2.24) is 9.88 Å². The van der Waals surface area contributed by atoms with E-state index in [0.29, 0.717) is 5.56 Å². The Hall–Kier alpha value is -2.21. The molecule has 0 radical (unpaired) electrons. The van der Waals surface area contributed by atoms with Crippen molar-refractivity contribution in [2.45, 2.75) is 51.4 Å². The molecule has 1 fully saturated rings. The zero-order valence-electron chi connectivity index (χ0n) is 15.5. The molecule has 2 aromatic heterocycles. The maximum Gasteiger partial charge on any atom is 0.257 e. The van der Waals surface area contributed by atoms with E-state index in [9.17, 15) is 9.59 Å². The molecule has 0 unspecified atom stereocenters. The molecule has 0 atom stereocenters. The molecule has 0 aromatic carbocycles. The number of fused-ring (bicyclic) bond motifs is 1. The van der Waals surface area contributed by atoms with E-state index in [4.69, 9.17) is 0 Å². The summed E-state index contributed by atoms with van der Waals surface area (Å²) < 4.78 is 0. The van der Waals surface area contributed by atoms with Gasteiger partial charge >= 0.3 is 0 Å². The van der Waals surface area contributed by atoms with Crippen molar-refractivity contribution in [3.05, 3.63) is 46.1 Å². The summed E-state index contributed by atoms with van der Waals surface area (Å²) in [5.41, 5.74) is 2.49. The molecular formula is C21H25N3O2S. The molecule has 2 aliphatic rings. The lowest BCUT2D eigenvalue weighted by Crippen LogP contribution is -2.36. The SMILES string of the molecule is O=C(Nc1sc2c(c1C(=O)N1CCCCC1)CCCCC2)c1ccncc1. The first-order valence-corrected chi connectivity index (χ1v) is 10.7. The molecule has 1 aliphatic carbocycles. The van der Waals surface area contributed by atoms with Crippen LogP contribution in [0.4, 0.5) is 5.00 Å². The van der Waals surface area contributed by atoms with E-state index in [1.807, 2.05) is 4.90 Å². The third kappa shape index (κ3) is 3.90. The number of amides is 2. The highest BCUT2D eigenvalue weighted by molar-refractivity contribution is 7.17. The summed E-state index contributed by atoms with van der Waals surface area (Å²) >= 11 is 1.60. The number of nitrogens with one attached hydrogen (secondary N) is 1. The maximum absolute atomic E-state index is 13.4. The Morgan fingerprint density at radius 3 is 2.44 bits per heavy atom. The normalized spacial score (nSPS) is 17.1. The molecule has 6 heteroatoms. The number of aryl methyl sites for hydroxylation is 1. The number of carbonyl (C=O) groups is 2. The van der Waals surface area contributed by atoms with Crippen molar-refractivity contribution in [2.24, 2.45) is 0 Å². The number of likely N-dealkylation sites (tertiary alicyclic amines) is 1. The van der Waals surface area contributed by atoms with Gasteiger partial charge in [0.2, 0.25) is 0 Å². The lowest BCUT2D eigenvalue weighted by Gasteiger charge is -2.27. The van der Waals surface area contributed by atoms with Crippen LogP contribution in [0.15, 0.2) is 24.5 Å². The van der Waals surface area contributed by atoms with E-state index in [-0.39, 0.29) is 11.8 Å². The summed E-state index contributed by atoms with van der Waals surface area (Å²) in [7, 11) is 0. The van der Waals surface area contributed by atoms with Crippen LogP contribution in [0.3, 0.4) is 0 Å². The Morgan fingerprint density at radius 1 is 0.963 bits per heavy atom. The highest BCUT2D eigenvalue weighted by Crippen LogP contribution is 2.38. The van der Waals surface area contributed by atoms with E-state index in [0.717, 1.165) is 62.2 Å². The van der Waals surface area contributed by atoms with E-state index < -0.39 is 0 Å². The topological polar surface area (TPSA) is 62.3 Å². The highest BCUT2D eigenvalue weighted by Gasteiger charge is 2.29. The van der Waals surface area contributed by atoms with Gasteiger partial charge in [-0.25, -0.2) is 0 Å². The first kappa shape index (κ1) is 18.2. The zero-order chi connectivity index (χ0) is 18.6. The summed E-state index contributed by atoms with van der Waals surface area (Å²) in [5, 5.41) is 3.75. The van der Waals surface area contributed by atoms with Gasteiger partial charge in [-0.3, -0.25) is 14.6 Å². The van der Waals surface area contributed by atoms with Gasteiger partial charge in [-0.05, 0) is 62.6 Å². The Kier molecular flexibility index (Phi) is 5.53. The van der Waals surface area contributed by atoms with Crippen molar-refractivity contribution >= 4 is 28.2 Å². The quantitative estimate of drug-likeness (QED) is 0.804. The van der Waals surface area contributed by atoms with Gasteiger partial charge in [-0.1, -0.05) is 6.42 Å². The van der Waals surface area contributed by atoms with E-state index >= 15 is 0 Å². The summed E-state index contributed by atoms with van der Waals surface area (Å²) in [6.45, 7) is 1.64. The van der Waals surface area contributed by atoms with Crippen molar-refractivity contribution in [1.29, 1.82) is 0 Å². The lowest BCUT2D eigenvalue weighted by atomic mass is 10.0. The zero-order valence-corrected chi connectivity index (χ0v) is 16.3. The van der Waals surface area contributed by atoms with E-state index in [2.05, 4.69) is 10.3 Å². The number of anilines is 1. The largest absolute Gasteiger partial charge is 0.339 e. The van der Waals surface area contributed by atoms with Crippen LogP contribution >= 0.6 is 11.3 Å². The first-order valence-electron chi connectivity index (χ1n) is 9.89. The molecule has 4 rings (SSSR count). The van der Waals surface area contributed by atoms with Crippen LogP contribution in [-0.2, 0) is 12.8 Å². The molecule has 1 aliphatic heterocycles. The molecule has 2 amide bonds. The summed E-state index contributed by atoms with van der Waals surface area (Å²) in [6.07, 6.45) is 12.0. The van der Waals surface area contributed by atoms with Crippen molar-refractivity contribution < 1.29 is 9.59 Å². The third-order valence-corrected chi connectivity index (χ3v) is 6.66. The van der Waals surface area contributed by atoms with Crippen LogP contribution in [0.2, 0.25) is 0 Å². The predicted octanol–water partition coefficient (Wildman–Crippen LogP) is 4.29. The molecule has 27 heavy (non-hydrogen) atoms. The van der Waals surface area contributed by atoms with E-state index in [1.54, 1.807) is 35.9 Å². The molecule has 3 heterocycles. The van der Waals surface area contributed by atoms with Gasteiger partial charge in [0.25, 0.3) is 11.8 Å². The van der Waals surface area contributed by atoms with Crippen LogP contribution in [-0.4, -0.2) is 34.8 Å². The lowest BCUT2D eigenvalue weighted by molar-refractivity contribution is 0.0724. The van der Waals surface area contributed by atoms with Crippen molar-refractivity contribution in [2.75, 3.05) is 18.4 Å². The Labute approximate surface area is 163 Å². The van der Waals surface area contributed by atoms with Crippen LogP contribution in [0.25, 0.3) is 0 Å². The highest BCUT2D eigenvalue weighted by atomic mass is 32.1. The average Bonchev–Trinajstić information content (AvgIpc) is 2.89. The van der Waals surface area contributed by atoms with Gasteiger partial charge in [-0.2, -0.15) is 0 Å². The van der Waals surface area contributed by atoms with Gasteiger partial charge in [0.1, 0.15) is 5.00 Å². The average molecular weight is 384 g/mol. The number of nitrogens with zero attached hydrogens (tertiary/aromatic N) is 2. The molecule has 142 valence electrons. The Bertz CT molecular complexity index is 825. The monoisotopic (exact) mass is 383 g/mol. The molecule has 1 saturated heterocycles. The van der Waals surface area contributed by atoms with Crippen LogP contribution in [0.1, 0.15) is 69.7 Å². The second-order valence-corrected chi connectivity index (χ2v) is 8.42. The Morgan fingerprint density at radius 2 is 1.67 bits per heavy atom. The summed E-state index contributed by atoms with van der Waals surface area (Å²) in [6, 6.07) is 3.39. The standard InChI is InChI=1S/C21H25N3O2S/c25-19(15-9-11-22-12-10-15)23-20-18(21(26)24-13-5-2-6-14-24)16-7-3-1-4-8-17(16)27-20/h9-12H,1-8,13-14H2,(H,23,25). The first-order chi connectivity index (χ1) is 13.2. The molecule has 0 saturated carbocycles. The van der Waals surface area contributed by atoms with Gasteiger partial charge in [0, 0.05) is 35.9 Å². The van der Waals surface area contributed by atoms with Crippen molar-refractivity contribution in [3.63, 3.8) is 0 Å². The molecule has 0 spiro atoms. The second-order valence-electron chi connectivity index (χ2n) is 7.31. The molecule has 2 aromatic rings. The number of piperidine rings is 1. The molecule has 1 N–H and O–H groups in total. The fraction of sp³-hybridized carbons (Fsp3) is 0.476. The van der Waals surface area contributed by atoms with Gasteiger partial charge in [0.05, 0.1) is 5.56 Å². The number of aromatic nitrogens is 1. The fourth-order valence-electron chi connectivity index (χ4n) is 3.99. The minimum Gasteiger partial charge on any atom is -0.339 e. The number of carbonyl (C=O) groups excluding carboxylic acids is 2. The van der Waals surface area contributed by atoms with E-state index in [1.165, 1.54) is 23.3 Å². The van der Waals surface area contributed by atoms with Crippen LogP contribution < -0.4 is 5.32 Å². The van der Waals surface area contributed by atoms with Gasteiger partial charge in [-0.15, -0.1) is 11.3 Å². The minimum absolute atomic E-state index is 0.0964. The van der Waals surface area contributed by atoms with Crippen LogP contribution in [0.5, 0.6) is 0 Å². The predicted molar refractivity (Wildman–Crippen MR) is 108 cm³/mol. The molecule has 0 bridgehead atoms. The summed E-state index contributed by atoms with van der Waals surface area (Å²) in [4.78, 5) is 33.3. The number of rotatable bonds is 3. The maximum atomic E-state index is 13.4. The smallest absolute Gasteiger partial charge is 0.257 e. The second kappa shape index (κ2) is 8.21.